The van der Waals surface area contributed by atoms with Gasteiger partial charge in [-0.1, -0.05) is 12.1 Å². The van der Waals surface area contributed by atoms with Crippen molar-refractivity contribution in [1.29, 1.82) is 0 Å². The van der Waals surface area contributed by atoms with E-state index < -0.39 is 13.0 Å². The van der Waals surface area contributed by atoms with E-state index in [-0.39, 0.29) is 11.4 Å². The van der Waals surface area contributed by atoms with Crippen molar-refractivity contribution in [3.8, 4) is 17.1 Å². The molecule has 3 aromatic heterocycles. The summed E-state index contributed by atoms with van der Waals surface area (Å²) >= 11 is 0. The van der Waals surface area contributed by atoms with E-state index in [1.165, 1.54) is 10.8 Å². The number of pyridine rings is 1. The van der Waals surface area contributed by atoms with Crippen LogP contribution in [0.4, 0.5) is 8.78 Å². The van der Waals surface area contributed by atoms with Gasteiger partial charge < -0.3 is 4.74 Å². The monoisotopic (exact) mass is 356 g/mol. The summed E-state index contributed by atoms with van der Waals surface area (Å²) in [6, 6.07) is 12.2. The maximum absolute atomic E-state index is 12.5. The number of benzene rings is 1. The van der Waals surface area contributed by atoms with Crippen LogP contribution in [0.1, 0.15) is 0 Å². The summed E-state index contributed by atoms with van der Waals surface area (Å²) < 4.78 is 32.8. The van der Waals surface area contributed by atoms with E-state index in [0.29, 0.717) is 27.8 Å². The Morgan fingerprint density at radius 2 is 2.00 bits per heavy atom. The minimum absolute atomic E-state index is 0.0959. The van der Waals surface area contributed by atoms with Crippen LogP contribution in [-0.2, 0) is 7.05 Å². The molecule has 0 bridgehead atoms. The minimum atomic E-state index is -2.57. The normalized spacial score (nSPS) is 11.5. The highest BCUT2D eigenvalue weighted by Gasteiger charge is 2.13. The van der Waals surface area contributed by atoms with Gasteiger partial charge in [0.2, 0.25) is 5.88 Å². The molecule has 0 amide bonds. The maximum Gasteiger partial charge on any atom is 0.272 e. The first kappa shape index (κ1) is 16.2. The molecule has 0 aliphatic heterocycles. The second-order valence-electron chi connectivity index (χ2n) is 5.77. The van der Waals surface area contributed by atoms with Crippen molar-refractivity contribution in [1.82, 2.24) is 19.2 Å². The first-order chi connectivity index (χ1) is 12.5. The number of fused-ring (bicyclic) bond motifs is 3. The Kier molecular flexibility index (Phi) is 3.87. The number of aromatic nitrogens is 4. The number of nitrogens with zero attached hydrogens (tertiary/aromatic N) is 4. The van der Waals surface area contributed by atoms with Crippen molar-refractivity contribution in [2.24, 2.45) is 7.05 Å². The minimum Gasteiger partial charge on any atom is -0.472 e. The maximum atomic E-state index is 12.5. The quantitative estimate of drug-likeness (QED) is 0.564. The summed E-state index contributed by atoms with van der Waals surface area (Å²) in [5.41, 5.74) is 2.44. The van der Waals surface area contributed by atoms with Crippen molar-refractivity contribution in [3.63, 3.8) is 0 Å². The lowest BCUT2D eigenvalue weighted by Crippen LogP contribution is -2.19. The zero-order chi connectivity index (χ0) is 18.3. The van der Waals surface area contributed by atoms with Gasteiger partial charge in [0.05, 0.1) is 16.6 Å². The molecule has 0 saturated heterocycles. The van der Waals surface area contributed by atoms with Gasteiger partial charge in [-0.05, 0) is 18.2 Å². The molecule has 4 rings (SSSR count). The van der Waals surface area contributed by atoms with E-state index in [1.807, 2.05) is 12.1 Å². The molecule has 132 valence electrons. The Bertz CT molecular complexity index is 1170. The molecule has 1 aromatic carbocycles. The second kappa shape index (κ2) is 6.21. The van der Waals surface area contributed by atoms with Crippen molar-refractivity contribution in [2.75, 3.05) is 6.61 Å². The van der Waals surface area contributed by atoms with Crippen molar-refractivity contribution in [2.45, 2.75) is 6.43 Å². The SMILES string of the molecule is Cn1c(=O)c2ccccc2n2nc(-c3ccnc(OCC(F)F)c3)cc12. The Morgan fingerprint density at radius 1 is 1.19 bits per heavy atom. The van der Waals surface area contributed by atoms with Crippen LogP contribution in [0.15, 0.2) is 53.5 Å². The van der Waals surface area contributed by atoms with Crippen LogP contribution < -0.4 is 10.3 Å². The Morgan fingerprint density at radius 3 is 2.81 bits per heavy atom. The van der Waals surface area contributed by atoms with Crippen LogP contribution >= 0.6 is 0 Å². The molecule has 6 nitrogen and oxygen atoms in total. The third kappa shape index (κ3) is 2.69. The average Bonchev–Trinajstić information content (AvgIpc) is 3.10. The molecular formula is C18H14F2N4O2. The molecule has 8 heteroatoms. The smallest absolute Gasteiger partial charge is 0.272 e. The summed E-state index contributed by atoms with van der Waals surface area (Å²) in [6.45, 7) is -0.721. The van der Waals surface area contributed by atoms with Gasteiger partial charge in [0.25, 0.3) is 12.0 Å². The summed E-state index contributed by atoms with van der Waals surface area (Å²) in [5, 5.41) is 5.14. The van der Waals surface area contributed by atoms with E-state index >= 15 is 0 Å². The molecule has 0 spiro atoms. The number of para-hydroxylation sites is 1. The number of hydrogen-bond acceptors (Lipinski definition) is 4. The predicted molar refractivity (Wildman–Crippen MR) is 92.7 cm³/mol. The zero-order valence-corrected chi connectivity index (χ0v) is 13.8. The van der Waals surface area contributed by atoms with E-state index in [1.54, 1.807) is 41.9 Å². The van der Waals surface area contributed by atoms with Gasteiger partial charge >= 0.3 is 0 Å². The lowest BCUT2D eigenvalue weighted by Gasteiger charge is -2.05. The molecule has 0 N–H and O–H groups in total. The van der Waals surface area contributed by atoms with Crippen LogP contribution in [0.3, 0.4) is 0 Å². The molecule has 0 saturated carbocycles. The fourth-order valence-electron chi connectivity index (χ4n) is 2.85. The van der Waals surface area contributed by atoms with Gasteiger partial charge in [0.1, 0.15) is 5.65 Å². The fraction of sp³-hybridized carbons (Fsp3) is 0.167. The molecule has 0 radical (unpaired) electrons. The van der Waals surface area contributed by atoms with Crippen LogP contribution in [0.2, 0.25) is 0 Å². The van der Waals surface area contributed by atoms with E-state index in [2.05, 4.69) is 10.1 Å². The number of rotatable bonds is 4. The van der Waals surface area contributed by atoms with E-state index in [4.69, 9.17) is 4.74 Å². The molecule has 3 heterocycles. The lowest BCUT2D eigenvalue weighted by molar-refractivity contribution is 0.0796. The fourth-order valence-corrected chi connectivity index (χ4v) is 2.85. The summed E-state index contributed by atoms with van der Waals surface area (Å²) in [7, 11) is 1.68. The summed E-state index contributed by atoms with van der Waals surface area (Å²) in [6.07, 6.45) is -1.10. The Labute approximate surface area is 146 Å². The van der Waals surface area contributed by atoms with Crippen LogP contribution in [0.5, 0.6) is 5.88 Å². The molecule has 0 unspecified atom stereocenters. The summed E-state index contributed by atoms with van der Waals surface area (Å²) in [5.74, 6) is 0.0959. The molecule has 0 atom stereocenters. The van der Waals surface area contributed by atoms with E-state index in [0.717, 1.165) is 0 Å². The molecule has 0 fully saturated rings. The zero-order valence-electron chi connectivity index (χ0n) is 13.8. The Hall–Kier alpha value is -3.29. The van der Waals surface area contributed by atoms with Gasteiger partial charge in [-0.15, -0.1) is 0 Å². The van der Waals surface area contributed by atoms with Gasteiger partial charge in [-0.2, -0.15) is 5.10 Å². The number of aryl methyl sites for hydroxylation is 1. The molecule has 4 aromatic rings. The van der Waals surface area contributed by atoms with Crippen LogP contribution in [0.25, 0.3) is 27.8 Å². The number of alkyl halides is 2. The summed E-state index contributed by atoms with van der Waals surface area (Å²) in [4.78, 5) is 16.4. The molecule has 0 aliphatic rings. The van der Waals surface area contributed by atoms with Crippen LogP contribution in [-0.4, -0.2) is 32.2 Å². The van der Waals surface area contributed by atoms with Gasteiger partial charge in [0.15, 0.2) is 6.61 Å². The third-order valence-electron chi connectivity index (χ3n) is 4.09. The Balaban J connectivity index is 1.86. The largest absolute Gasteiger partial charge is 0.472 e. The standard InChI is InChI=1S/C18H14F2N4O2/c1-23-17-9-13(11-6-7-21-16(8-11)26-10-15(19)20)22-24(17)14-5-3-2-4-12(14)18(23)25/h2-9,15H,10H2,1H3. The second-order valence-corrected chi connectivity index (χ2v) is 5.77. The van der Waals surface area contributed by atoms with Crippen LogP contribution in [0, 0.1) is 0 Å². The van der Waals surface area contributed by atoms with E-state index in [9.17, 15) is 13.6 Å². The first-order valence-corrected chi connectivity index (χ1v) is 7.89. The number of ether oxygens (including phenoxy) is 1. The topological polar surface area (TPSA) is 61.4 Å². The third-order valence-corrected chi connectivity index (χ3v) is 4.09. The van der Waals surface area contributed by atoms with Gasteiger partial charge in [-0.25, -0.2) is 18.3 Å². The first-order valence-electron chi connectivity index (χ1n) is 7.89. The highest BCUT2D eigenvalue weighted by atomic mass is 19.3. The van der Waals surface area contributed by atoms with Gasteiger partial charge in [-0.3, -0.25) is 9.36 Å². The molecular weight excluding hydrogens is 342 g/mol. The lowest BCUT2D eigenvalue weighted by atomic mass is 10.2. The van der Waals surface area contributed by atoms with Crippen molar-refractivity contribution < 1.29 is 13.5 Å². The molecule has 26 heavy (non-hydrogen) atoms. The van der Waals surface area contributed by atoms with Crippen molar-refractivity contribution >= 4 is 16.6 Å². The predicted octanol–water partition coefficient (Wildman–Crippen LogP) is 2.89. The highest BCUT2D eigenvalue weighted by Crippen LogP contribution is 2.24. The highest BCUT2D eigenvalue weighted by molar-refractivity contribution is 5.81. The van der Waals surface area contributed by atoms with Crippen molar-refractivity contribution in [3.05, 3.63) is 59.0 Å². The number of hydrogen-bond donors (Lipinski definition) is 0. The molecule has 0 aliphatic carbocycles. The average molecular weight is 356 g/mol. The number of halogens is 2. The van der Waals surface area contributed by atoms with Gasteiger partial charge in [0, 0.05) is 30.9 Å².